The van der Waals surface area contributed by atoms with Crippen molar-refractivity contribution in [1.82, 2.24) is 5.32 Å². The summed E-state index contributed by atoms with van der Waals surface area (Å²) in [6.07, 6.45) is 1.82. The molecular weight excluding hydrogens is 414 g/mol. The molecule has 0 radical (unpaired) electrons. The number of methoxy groups -OCH3 is 1. The Morgan fingerprint density at radius 3 is 2.92 bits per heavy atom. The Kier molecular flexibility index (Phi) is 6.48. The van der Waals surface area contributed by atoms with E-state index in [1.54, 1.807) is 19.2 Å². The third-order valence-corrected chi connectivity index (χ3v) is 5.92. The number of fused-ring (bicyclic) bond motifs is 1. The zero-order chi connectivity index (χ0) is 18.5. The lowest BCUT2D eigenvalue weighted by atomic mass is 10.0. The van der Waals surface area contributed by atoms with Crippen LogP contribution < -0.4 is 14.8 Å². The van der Waals surface area contributed by atoms with Gasteiger partial charge in [0.2, 0.25) is 0 Å². The summed E-state index contributed by atoms with van der Waals surface area (Å²) in [5, 5.41) is 3.16. The van der Waals surface area contributed by atoms with E-state index < -0.39 is 0 Å². The highest BCUT2D eigenvalue weighted by Crippen LogP contribution is 2.38. The number of benzene rings is 2. The minimum absolute atomic E-state index is 0.0285. The molecule has 0 aliphatic carbocycles. The summed E-state index contributed by atoms with van der Waals surface area (Å²) in [6.45, 7) is 2.64. The summed E-state index contributed by atoms with van der Waals surface area (Å²) in [6, 6.07) is 11.8. The van der Waals surface area contributed by atoms with Crippen LogP contribution in [0.25, 0.3) is 0 Å². The number of nitrogens with one attached hydrogen (secondary N) is 1. The van der Waals surface area contributed by atoms with Gasteiger partial charge in [0.25, 0.3) is 5.91 Å². The van der Waals surface area contributed by atoms with Crippen LogP contribution in [-0.2, 0) is 0 Å². The molecule has 2 aromatic rings. The topological polar surface area (TPSA) is 47.6 Å². The molecule has 0 aromatic heterocycles. The number of hydrogen-bond donors (Lipinski definition) is 1. The van der Waals surface area contributed by atoms with Gasteiger partial charge in [0.15, 0.2) is 11.5 Å². The van der Waals surface area contributed by atoms with Gasteiger partial charge in [-0.3, -0.25) is 4.79 Å². The molecule has 6 heteroatoms. The van der Waals surface area contributed by atoms with Crippen molar-refractivity contribution < 1.29 is 14.3 Å². The van der Waals surface area contributed by atoms with E-state index >= 15 is 0 Å². The van der Waals surface area contributed by atoms with Gasteiger partial charge in [-0.15, -0.1) is 11.8 Å². The maximum absolute atomic E-state index is 12.8. The smallest absolute Gasteiger partial charge is 0.251 e. The number of ether oxygens (including phenoxy) is 2. The maximum atomic E-state index is 12.8. The van der Waals surface area contributed by atoms with E-state index in [1.807, 2.05) is 30.8 Å². The number of thioether (sulfide) groups is 1. The van der Waals surface area contributed by atoms with Crippen molar-refractivity contribution in [2.24, 2.45) is 0 Å². The predicted octanol–water partition coefficient (Wildman–Crippen LogP) is 5.21. The highest BCUT2D eigenvalue weighted by molar-refractivity contribution is 9.10. The highest BCUT2D eigenvalue weighted by atomic mass is 79.9. The second kappa shape index (κ2) is 8.82. The van der Waals surface area contributed by atoms with Crippen LogP contribution in [0.15, 0.2) is 45.8 Å². The monoisotopic (exact) mass is 435 g/mol. The van der Waals surface area contributed by atoms with Crippen LogP contribution in [0, 0.1) is 0 Å². The molecule has 26 heavy (non-hydrogen) atoms. The van der Waals surface area contributed by atoms with Gasteiger partial charge in [-0.2, -0.15) is 0 Å². The fourth-order valence-electron chi connectivity index (χ4n) is 2.93. The molecule has 1 heterocycles. The minimum Gasteiger partial charge on any atom is -0.493 e. The Hall–Kier alpha value is -1.66. The zero-order valence-electron chi connectivity index (χ0n) is 14.9. The molecule has 3 rings (SSSR count). The van der Waals surface area contributed by atoms with Gasteiger partial charge >= 0.3 is 0 Å². The lowest BCUT2D eigenvalue weighted by Gasteiger charge is -2.26. The molecule has 1 atom stereocenters. The Morgan fingerprint density at radius 2 is 2.15 bits per heavy atom. The lowest BCUT2D eigenvalue weighted by Crippen LogP contribution is -2.30. The van der Waals surface area contributed by atoms with Crippen LogP contribution in [0.3, 0.4) is 0 Å². The average Bonchev–Trinajstić information content (AvgIpc) is 2.66. The first-order valence-corrected chi connectivity index (χ1v) is 10.4. The molecular formula is C20H22BrNO3S. The molecule has 1 unspecified atom stereocenters. The van der Waals surface area contributed by atoms with Crippen LogP contribution in [-0.4, -0.2) is 25.4 Å². The first kappa shape index (κ1) is 19.1. The van der Waals surface area contributed by atoms with Gasteiger partial charge in [-0.05, 0) is 52.5 Å². The van der Waals surface area contributed by atoms with Crippen molar-refractivity contribution in [3.63, 3.8) is 0 Å². The van der Waals surface area contributed by atoms with Crippen LogP contribution in [0.1, 0.15) is 41.7 Å². The van der Waals surface area contributed by atoms with Gasteiger partial charge in [0.1, 0.15) is 0 Å². The molecule has 1 aliphatic heterocycles. The number of hydrogen-bond acceptors (Lipinski definition) is 4. The molecule has 4 nitrogen and oxygen atoms in total. The highest BCUT2D eigenvalue weighted by Gasteiger charge is 2.23. The van der Waals surface area contributed by atoms with Gasteiger partial charge in [0, 0.05) is 16.2 Å². The molecule has 0 saturated heterocycles. The van der Waals surface area contributed by atoms with Crippen molar-refractivity contribution in [3.8, 4) is 11.5 Å². The normalized spacial score (nSPS) is 15.9. The summed E-state index contributed by atoms with van der Waals surface area (Å²) in [5.41, 5.74) is 1.74. The fourth-order valence-corrected chi connectivity index (χ4v) is 4.61. The molecule has 1 aliphatic rings. The molecule has 0 saturated carbocycles. The third-order valence-electron chi connectivity index (χ3n) is 4.21. The van der Waals surface area contributed by atoms with Gasteiger partial charge in [0.05, 0.1) is 24.2 Å². The van der Waals surface area contributed by atoms with Crippen molar-refractivity contribution in [2.45, 2.75) is 30.7 Å². The Labute approximate surface area is 166 Å². The van der Waals surface area contributed by atoms with Gasteiger partial charge in [-0.1, -0.05) is 25.1 Å². The lowest BCUT2D eigenvalue weighted by molar-refractivity contribution is 0.0934. The Balaban J connectivity index is 1.81. The van der Waals surface area contributed by atoms with E-state index in [2.05, 4.69) is 33.4 Å². The first-order valence-electron chi connectivity index (χ1n) is 8.67. The molecule has 0 fully saturated rings. The summed E-state index contributed by atoms with van der Waals surface area (Å²) >= 11 is 5.34. The SMILES string of the molecule is CCCOc1c(Br)cc(C(=O)NC2CCSc3ccccc32)cc1OC. The largest absolute Gasteiger partial charge is 0.493 e. The van der Waals surface area contributed by atoms with Crippen molar-refractivity contribution >= 4 is 33.6 Å². The number of carbonyl (C=O) groups excluding carboxylic acids is 1. The van der Waals surface area contributed by atoms with Crippen LogP contribution in [0.2, 0.25) is 0 Å². The standard InChI is InChI=1S/C20H22BrNO3S/c1-3-9-25-19-15(21)11-13(12-17(19)24-2)20(23)22-16-8-10-26-18-7-5-4-6-14(16)18/h4-7,11-12,16H,3,8-10H2,1-2H3,(H,22,23). The van der Waals surface area contributed by atoms with Crippen molar-refractivity contribution in [1.29, 1.82) is 0 Å². The molecule has 2 aromatic carbocycles. The quantitative estimate of drug-likeness (QED) is 0.675. The van der Waals surface area contributed by atoms with E-state index in [4.69, 9.17) is 9.47 Å². The number of carbonyl (C=O) groups is 1. The van der Waals surface area contributed by atoms with Crippen LogP contribution in [0.4, 0.5) is 0 Å². The second-order valence-corrected chi connectivity index (χ2v) is 8.03. The van der Waals surface area contributed by atoms with E-state index in [0.29, 0.717) is 23.7 Å². The zero-order valence-corrected chi connectivity index (χ0v) is 17.3. The van der Waals surface area contributed by atoms with E-state index in [9.17, 15) is 4.79 Å². The summed E-state index contributed by atoms with van der Waals surface area (Å²) < 4.78 is 11.9. The van der Waals surface area contributed by atoms with E-state index in [0.717, 1.165) is 23.1 Å². The summed E-state index contributed by atoms with van der Waals surface area (Å²) in [7, 11) is 1.58. The predicted molar refractivity (Wildman–Crippen MR) is 108 cm³/mol. The van der Waals surface area contributed by atoms with E-state index in [-0.39, 0.29) is 11.9 Å². The Morgan fingerprint density at radius 1 is 1.35 bits per heavy atom. The average molecular weight is 436 g/mol. The minimum atomic E-state index is -0.113. The van der Waals surface area contributed by atoms with Crippen molar-refractivity contribution in [3.05, 3.63) is 52.0 Å². The molecule has 1 N–H and O–H groups in total. The number of amides is 1. The molecule has 1 amide bonds. The third kappa shape index (κ3) is 4.18. The van der Waals surface area contributed by atoms with Crippen LogP contribution in [0.5, 0.6) is 11.5 Å². The molecule has 0 bridgehead atoms. The number of halogens is 1. The first-order chi connectivity index (χ1) is 12.6. The number of rotatable bonds is 6. The second-order valence-electron chi connectivity index (χ2n) is 6.04. The maximum Gasteiger partial charge on any atom is 0.251 e. The molecule has 0 spiro atoms. The van der Waals surface area contributed by atoms with E-state index in [1.165, 1.54) is 10.5 Å². The summed E-state index contributed by atoms with van der Waals surface area (Å²) in [5.74, 6) is 2.07. The molecule has 138 valence electrons. The van der Waals surface area contributed by atoms with Crippen LogP contribution >= 0.6 is 27.7 Å². The van der Waals surface area contributed by atoms with Crippen molar-refractivity contribution in [2.75, 3.05) is 19.5 Å². The Bertz CT molecular complexity index is 797. The fraction of sp³-hybridized carbons (Fsp3) is 0.350. The summed E-state index contributed by atoms with van der Waals surface area (Å²) in [4.78, 5) is 14.1. The van der Waals surface area contributed by atoms with Gasteiger partial charge in [-0.25, -0.2) is 0 Å². The van der Waals surface area contributed by atoms with Gasteiger partial charge < -0.3 is 14.8 Å².